The number of carbonyl (C=O) groups is 3. The Bertz CT molecular complexity index is 978. The number of hydrogen-bond donors (Lipinski definition) is 1. The molecule has 32 heavy (non-hydrogen) atoms. The van der Waals surface area contributed by atoms with Gasteiger partial charge in [-0.3, -0.25) is 9.59 Å². The van der Waals surface area contributed by atoms with Crippen molar-refractivity contribution in [1.29, 1.82) is 0 Å². The first-order chi connectivity index (χ1) is 15.5. The maximum atomic E-state index is 12.9. The van der Waals surface area contributed by atoms with E-state index in [1.54, 1.807) is 9.80 Å². The number of amides is 3. The number of esters is 1. The number of para-hydroxylation sites is 2. The highest BCUT2D eigenvalue weighted by Gasteiger charge is 2.32. The number of fused-ring (bicyclic) bond motifs is 1. The van der Waals surface area contributed by atoms with Gasteiger partial charge in [-0.1, -0.05) is 36.4 Å². The number of likely N-dealkylation sites (tertiary alicyclic amines) is 1. The lowest BCUT2D eigenvalue weighted by Gasteiger charge is -2.35. The van der Waals surface area contributed by atoms with E-state index in [0.717, 1.165) is 24.1 Å². The number of anilines is 2. The van der Waals surface area contributed by atoms with Crippen LogP contribution in [-0.4, -0.2) is 48.5 Å². The topological polar surface area (TPSA) is 79.0 Å². The summed E-state index contributed by atoms with van der Waals surface area (Å²) in [5.41, 5.74) is 2.75. The van der Waals surface area contributed by atoms with Crippen molar-refractivity contribution in [3.05, 3.63) is 60.2 Å². The average Bonchev–Trinajstić information content (AvgIpc) is 2.83. The van der Waals surface area contributed by atoms with Gasteiger partial charge in [-0.2, -0.15) is 0 Å². The molecular formula is C25H29N3O4. The van der Waals surface area contributed by atoms with Gasteiger partial charge in [-0.05, 0) is 56.4 Å². The molecular weight excluding hydrogens is 406 g/mol. The van der Waals surface area contributed by atoms with E-state index in [9.17, 15) is 14.4 Å². The molecule has 1 saturated heterocycles. The molecule has 2 heterocycles. The van der Waals surface area contributed by atoms with Crippen molar-refractivity contribution in [2.24, 2.45) is 5.92 Å². The number of nitrogens with one attached hydrogen (secondary N) is 1. The van der Waals surface area contributed by atoms with E-state index in [0.29, 0.717) is 25.1 Å². The second-order valence-electron chi connectivity index (χ2n) is 8.47. The molecule has 7 heteroatoms. The second-order valence-corrected chi connectivity index (χ2v) is 8.47. The Morgan fingerprint density at radius 3 is 2.59 bits per heavy atom. The van der Waals surface area contributed by atoms with Crippen molar-refractivity contribution in [3.63, 3.8) is 0 Å². The van der Waals surface area contributed by atoms with Gasteiger partial charge >= 0.3 is 12.0 Å². The average molecular weight is 436 g/mol. The molecule has 0 spiro atoms. The standard InChI is InChI=1S/C25H29N3O4/c1-18-13-14-19-8-5-6-12-22(19)28(18)23(29)17-32-24(30)20-9-7-15-27(16-20)25(31)26-21-10-3-2-4-11-21/h2-6,8,10-12,18,20H,7,9,13-17H2,1H3,(H,26,31)/t18-,20+/m1/s1. The Morgan fingerprint density at radius 1 is 1.03 bits per heavy atom. The highest BCUT2D eigenvalue weighted by atomic mass is 16.5. The molecule has 3 amide bonds. The van der Waals surface area contributed by atoms with E-state index in [1.165, 1.54) is 0 Å². The van der Waals surface area contributed by atoms with Crippen molar-refractivity contribution in [1.82, 2.24) is 4.90 Å². The highest BCUT2D eigenvalue weighted by Crippen LogP contribution is 2.30. The summed E-state index contributed by atoms with van der Waals surface area (Å²) in [5.74, 6) is -1.06. The van der Waals surface area contributed by atoms with Crippen LogP contribution in [0.2, 0.25) is 0 Å². The Labute approximate surface area is 188 Å². The van der Waals surface area contributed by atoms with Gasteiger partial charge in [-0.15, -0.1) is 0 Å². The molecule has 0 radical (unpaired) electrons. The summed E-state index contributed by atoms with van der Waals surface area (Å²) >= 11 is 0. The largest absolute Gasteiger partial charge is 0.455 e. The third-order valence-electron chi connectivity index (χ3n) is 6.20. The van der Waals surface area contributed by atoms with Gasteiger partial charge in [0, 0.05) is 30.5 Å². The van der Waals surface area contributed by atoms with E-state index in [2.05, 4.69) is 5.32 Å². The lowest BCUT2D eigenvalue weighted by atomic mass is 9.96. The van der Waals surface area contributed by atoms with Gasteiger partial charge in [0.25, 0.3) is 5.91 Å². The van der Waals surface area contributed by atoms with E-state index >= 15 is 0 Å². The minimum absolute atomic E-state index is 0.0583. The van der Waals surface area contributed by atoms with Gasteiger partial charge in [0.05, 0.1) is 5.92 Å². The predicted octanol–water partition coefficient (Wildman–Crippen LogP) is 3.84. The van der Waals surface area contributed by atoms with Crippen LogP contribution in [0.1, 0.15) is 31.7 Å². The number of ether oxygens (including phenoxy) is 1. The van der Waals surface area contributed by atoms with Crippen molar-refractivity contribution < 1.29 is 19.1 Å². The molecule has 7 nitrogen and oxygen atoms in total. The van der Waals surface area contributed by atoms with Crippen molar-refractivity contribution in [2.75, 3.05) is 29.9 Å². The molecule has 2 aromatic rings. The minimum Gasteiger partial charge on any atom is -0.455 e. The summed E-state index contributed by atoms with van der Waals surface area (Å²) in [7, 11) is 0. The number of aryl methyl sites for hydroxylation is 1. The zero-order valence-electron chi connectivity index (χ0n) is 18.3. The normalized spacial score (nSPS) is 20.3. The zero-order valence-corrected chi connectivity index (χ0v) is 18.3. The van der Waals surface area contributed by atoms with Gasteiger partial charge in [-0.25, -0.2) is 4.79 Å². The summed E-state index contributed by atoms with van der Waals surface area (Å²) in [5, 5.41) is 2.85. The summed E-state index contributed by atoms with van der Waals surface area (Å²) in [6, 6.07) is 16.9. The molecule has 2 aliphatic heterocycles. The van der Waals surface area contributed by atoms with Crippen LogP contribution in [0.4, 0.5) is 16.2 Å². The van der Waals surface area contributed by atoms with Crippen LogP contribution in [0, 0.1) is 5.92 Å². The fourth-order valence-electron chi connectivity index (χ4n) is 4.47. The molecule has 2 aliphatic rings. The van der Waals surface area contributed by atoms with E-state index in [1.807, 2.05) is 61.5 Å². The van der Waals surface area contributed by atoms with Crippen LogP contribution in [0.3, 0.4) is 0 Å². The Kier molecular flexibility index (Phi) is 6.73. The quantitative estimate of drug-likeness (QED) is 0.740. The number of carbonyl (C=O) groups excluding carboxylic acids is 3. The predicted molar refractivity (Wildman–Crippen MR) is 122 cm³/mol. The van der Waals surface area contributed by atoms with Gasteiger partial charge in [0.1, 0.15) is 0 Å². The fraction of sp³-hybridized carbons (Fsp3) is 0.400. The van der Waals surface area contributed by atoms with Crippen molar-refractivity contribution in [2.45, 2.75) is 38.6 Å². The van der Waals surface area contributed by atoms with Crippen LogP contribution >= 0.6 is 0 Å². The van der Waals surface area contributed by atoms with Gasteiger partial charge in [0.2, 0.25) is 0 Å². The highest BCUT2D eigenvalue weighted by molar-refractivity contribution is 5.97. The Balaban J connectivity index is 1.32. The molecule has 0 aliphatic carbocycles. The molecule has 1 N–H and O–H groups in total. The molecule has 168 valence electrons. The Morgan fingerprint density at radius 2 is 1.78 bits per heavy atom. The first-order valence-electron chi connectivity index (χ1n) is 11.2. The molecule has 0 bridgehead atoms. The van der Waals surface area contributed by atoms with Crippen LogP contribution in [0.25, 0.3) is 0 Å². The Hall–Kier alpha value is -3.35. The molecule has 2 atom stereocenters. The third kappa shape index (κ3) is 4.93. The SMILES string of the molecule is C[C@@H]1CCc2ccccc2N1C(=O)COC(=O)[C@H]1CCCN(C(=O)Nc2ccccc2)C1. The number of piperidine rings is 1. The molecule has 0 unspecified atom stereocenters. The fourth-order valence-corrected chi connectivity index (χ4v) is 4.47. The maximum absolute atomic E-state index is 12.9. The van der Waals surface area contributed by atoms with Crippen LogP contribution in [-0.2, 0) is 20.7 Å². The molecule has 1 fully saturated rings. The van der Waals surface area contributed by atoms with E-state index < -0.39 is 11.9 Å². The maximum Gasteiger partial charge on any atom is 0.321 e. The van der Waals surface area contributed by atoms with E-state index in [4.69, 9.17) is 4.74 Å². The molecule has 2 aromatic carbocycles. The smallest absolute Gasteiger partial charge is 0.321 e. The monoisotopic (exact) mass is 435 g/mol. The molecule has 0 saturated carbocycles. The second kappa shape index (κ2) is 9.85. The number of benzene rings is 2. The first-order valence-corrected chi connectivity index (χ1v) is 11.2. The van der Waals surface area contributed by atoms with Gasteiger partial charge in [0.15, 0.2) is 6.61 Å². The van der Waals surface area contributed by atoms with Crippen LogP contribution < -0.4 is 10.2 Å². The van der Waals surface area contributed by atoms with Crippen LogP contribution in [0.5, 0.6) is 0 Å². The summed E-state index contributed by atoms with van der Waals surface area (Å²) in [6.45, 7) is 2.60. The number of urea groups is 1. The van der Waals surface area contributed by atoms with Crippen molar-refractivity contribution >= 4 is 29.3 Å². The first kappa shape index (κ1) is 21.9. The number of nitrogens with zero attached hydrogens (tertiary/aromatic N) is 2. The van der Waals surface area contributed by atoms with Gasteiger partial charge < -0.3 is 19.9 Å². The molecule has 0 aromatic heterocycles. The van der Waals surface area contributed by atoms with E-state index in [-0.39, 0.29) is 31.1 Å². The third-order valence-corrected chi connectivity index (χ3v) is 6.20. The minimum atomic E-state index is -0.427. The molecule has 4 rings (SSSR count). The number of rotatable bonds is 4. The number of hydrogen-bond acceptors (Lipinski definition) is 4. The lowest BCUT2D eigenvalue weighted by molar-refractivity contribution is -0.153. The summed E-state index contributed by atoms with van der Waals surface area (Å²) < 4.78 is 5.42. The summed E-state index contributed by atoms with van der Waals surface area (Å²) in [6.07, 6.45) is 3.17. The van der Waals surface area contributed by atoms with Crippen LogP contribution in [0.15, 0.2) is 54.6 Å². The zero-order chi connectivity index (χ0) is 22.5. The summed E-state index contributed by atoms with van der Waals surface area (Å²) in [4.78, 5) is 41.5. The van der Waals surface area contributed by atoms with Crippen molar-refractivity contribution in [3.8, 4) is 0 Å². The lowest BCUT2D eigenvalue weighted by Crippen LogP contribution is -2.46.